The molecule has 0 spiro atoms. The Morgan fingerprint density at radius 2 is 2.33 bits per heavy atom. The number of rotatable bonds is 5. The third kappa shape index (κ3) is 4.36. The standard InChI is InChI=1S/C10H20N2O2.ClH/c1-2-6-14-8-10(13)12-5-3-4-9(12)7-11;/h9H,2-8,11H2,1H3;1H. The van der Waals surface area contributed by atoms with E-state index in [1.54, 1.807) is 0 Å². The minimum Gasteiger partial charge on any atom is -0.372 e. The van der Waals surface area contributed by atoms with Crippen molar-refractivity contribution in [2.75, 3.05) is 26.3 Å². The summed E-state index contributed by atoms with van der Waals surface area (Å²) in [5.41, 5.74) is 5.58. The van der Waals surface area contributed by atoms with E-state index in [4.69, 9.17) is 10.5 Å². The summed E-state index contributed by atoms with van der Waals surface area (Å²) in [4.78, 5) is 13.5. The molecule has 1 unspecified atom stereocenters. The number of ether oxygens (including phenoxy) is 1. The van der Waals surface area contributed by atoms with Gasteiger partial charge in [0.2, 0.25) is 5.91 Å². The predicted molar refractivity (Wildman–Crippen MR) is 62.1 cm³/mol. The Kier molecular flexibility index (Phi) is 7.74. The van der Waals surface area contributed by atoms with Gasteiger partial charge in [-0.2, -0.15) is 0 Å². The van der Waals surface area contributed by atoms with Crippen LogP contribution in [0.5, 0.6) is 0 Å². The van der Waals surface area contributed by atoms with E-state index in [1.165, 1.54) is 0 Å². The van der Waals surface area contributed by atoms with Crippen LogP contribution >= 0.6 is 12.4 Å². The second-order valence-corrected chi connectivity index (χ2v) is 3.67. The lowest BCUT2D eigenvalue weighted by atomic mass is 10.2. The van der Waals surface area contributed by atoms with Crippen LogP contribution < -0.4 is 5.73 Å². The molecule has 2 N–H and O–H groups in total. The van der Waals surface area contributed by atoms with Crippen LogP contribution in [-0.4, -0.2) is 43.2 Å². The molecule has 1 saturated heterocycles. The molecule has 1 rings (SSSR count). The Hall–Kier alpha value is -0.320. The molecule has 0 bridgehead atoms. The molecule has 1 atom stereocenters. The summed E-state index contributed by atoms with van der Waals surface area (Å²) in [6, 6.07) is 0.243. The Morgan fingerprint density at radius 3 is 2.93 bits per heavy atom. The van der Waals surface area contributed by atoms with Crippen molar-refractivity contribution in [1.29, 1.82) is 0 Å². The van der Waals surface area contributed by atoms with Crippen molar-refractivity contribution in [2.24, 2.45) is 5.73 Å². The van der Waals surface area contributed by atoms with Crippen LogP contribution in [0, 0.1) is 0 Å². The molecular weight excluding hydrogens is 216 g/mol. The van der Waals surface area contributed by atoms with Crippen LogP contribution in [0.1, 0.15) is 26.2 Å². The molecule has 1 fully saturated rings. The smallest absolute Gasteiger partial charge is 0.248 e. The first kappa shape index (κ1) is 14.7. The highest BCUT2D eigenvalue weighted by molar-refractivity contribution is 5.85. The Labute approximate surface area is 97.5 Å². The fourth-order valence-corrected chi connectivity index (χ4v) is 1.80. The van der Waals surface area contributed by atoms with Gasteiger partial charge in [-0.15, -0.1) is 12.4 Å². The summed E-state index contributed by atoms with van der Waals surface area (Å²) in [5, 5.41) is 0. The maximum absolute atomic E-state index is 11.6. The third-order valence-corrected chi connectivity index (χ3v) is 2.54. The third-order valence-electron chi connectivity index (χ3n) is 2.54. The first-order valence-corrected chi connectivity index (χ1v) is 5.36. The molecule has 4 nitrogen and oxygen atoms in total. The van der Waals surface area contributed by atoms with Crippen LogP contribution in [0.15, 0.2) is 0 Å². The minimum atomic E-state index is 0. The molecule has 1 aliphatic heterocycles. The first-order chi connectivity index (χ1) is 6.79. The zero-order valence-corrected chi connectivity index (χ0v) is 10.1. The van der Waals surface area contributed by atoms with Crippen molar-refractivity contribution >= 4 is 18.3 Å². The molecule has 0 aromatic heterocycles. The topological polar surface area (TPSA) is 55.6 Å². The number of nitrogens with zero attached hydrogens (tertiary/aromatic N) is 1. The maximum Gasteiger partial charge on any atom is 0.248 e. The molecule has 1 heterocycles. The highest BCUT2D eigenvalue weighted by atomic mass is 35.5. The highest BCUT2D eigenvalue weighted by Gasteiger charge is 2.26. The molecule has 90 valence electrons. The molecule has 0 aliphatic carbocycles. The van der Waals surface area contributed by atoms with Gasteiger partial charge in [0, 0.05) is 25.7 Å². The lowest BCUT2D eigenvalue weighted by Crippen LogP contribution is -2.41. The molecule has 0 radical (unpaired) electrons. The van der Waals surface area contributed by atoms with Gasteiger partial charge >= 0.3 is 0 Å². The Morgan fingerprint density at radius 1 is 1.60 bits per heavy atom. The number of nitrogens with two attached hydrogens (primary N) is 1. The van der Waals surface area contributed by atoms with Gasteiger partial charge in [0.05, 0.1) is 0 Å². The molecule has 1 amide bonds. The first-order valence-electron chi connectivity index (χ1n) is 5.36. The summed E-state index contributed by atoms with van der Waals surface area (Å²) in [7, 11) is 0. The SMILES string of the molecule is CCCOCC(=O)N1CCCC1CN.Cl. The van der Waals surface area contributed by atoms with Gasteiger partial charge < -0.3 is 15.4 Å². The van der Waals surface area contributed by atoms with E-state index in [9.17, 15) is 4.79 Å². The van der Waals surface area contributed by atoms with E-state index in [2.05, 4.69) is 0 Å². The normalized spacial score (nSPS) is 20.1. The van der Waals surface area contributed by atoms with Crippen molar-refractivity contribution in [3.63, 3.8) is 0 Å². The van der Waals surface area contributed by atoms with E-state index < -0.39 is 0 Å². The second-order valence-electron chi connectivity index (χ2n) is 3.67. The summed E-state index contributed by atoms with van der Waals surface area (Å²) >= 11 is 0. The summed E-state index contributed by atoms with van der Waals surface area (Å²) in [5.74, 6) is 0.0893. The zero-order chi connectivity index (χ0) is 10.4. The largest absolute Gasteiger partial charge is 0.372 e. The fraction of sp³-hybridized carbons (Fsp3) is 0.900. The second kappa shape index (κ2) is 7.91. The van der Waals surface area contributed by atoms with Crippen molar-refractivity contribution in [2.45, 2.75) is 32.2 Å². The number of halogens is 1. The van der Waals surface area contributed by atoms with Gasteiger partial charge in [-0.3, -0.25) is 4.79 Å². The van der Waals surface area contributed by atoms with Gasteiger partial charge in [0.1, 0.15) is 6.61 Å². The lowest BCUT2D eigenvalue weighted by molar-refractivity contribution is -0.136. The molecule has 1 aliphatic rings. The predicted octanol–water partition coefficient (Wildman–Crippen LogP) is 0.784. The number of likely N-dealkylation sites (tertiary alicyclic amines) is 1. The van der Waals surface area contributed by atoms with Gasteiger partial charge in [-0.05, 0) is 19.3 Å². The molecule has 0 saturated carbocycles. The van der Waals surface area contributed by atoms with Gasteiger partial charge in [0.15, 0.2) is 0 Å². The van der Waals surface area contributed by atoms with Gasteiger partial charge in [0.25, 0.3) is 0 Å². The Bertz CT molecular complexity index is 190. The van der Waals surface area contributed by atoms with Crippen molar-refractivity contribution in [1.82, 2.24) is 4.90 Å². The maximum atomic E-state index is 11.6. The monoisotopic (exact) mass is 236 g/mol. The number of carbonyl (C=O) groups excluding carboxylic acids is 1. The molecule has 15 heavy (non-hydrogen) atoms. The number of amides is 1. The van der Waals surface area contributed by atoms with Crippen LogP contribution in [0.2, 0.25) is 0 Å². The highest BCUT2D eigenvalue weighted by Crippen LogP contribution is 2.15. The zero-order valence-electron chi connectivity index (χ0n) is 9.28. The van der Waals surface area contributed by atoms with E-state index in [0.717, 1.165) is 25.8 Å². The molecule has 0 aromatic rings. The van der Waals surface area contributed by atoms with Crippen molar-refractivity contribution < 1.29 is 9.53 Å². The number of hydrogen-bond acceptors (Lipinski definition) is 3. The average molecular weight is 237 g/mol. The van der Waals surface area contributed by atoms with Crippen molar-refractivity contribution in [3.05, 3.63) is 0 Å². The van der Waals surface area contributed by atoms with Crippen LogP contribution in [0.25, 0.3) is 0 Å². The van der Waals surface area contributed by atoms with Gasteiger partial charge in [-0.1, -0.05) is 6.92 Å². The fourth-order valence-electron chi connectivity index (χ4n) is 1.80. The van der Waals surface area contributed by atoms with Gasteiger partial charge in [-0.25, -0.2) is 0 Å². The average Bonchev–Trinajstić information content (AvgIpc) is 2.65. The minimum absolute atomic E-state index is 0. The van der Waals surface area contributed by atoms with Crippen LogP contribution in [0.4, 0.5) is 0 Å². The summed E-state index contributed by atoms with van der Waals surface area (Å²) < 4.78 is 5.22. The van der Waals surface area contributed by atoms with Crippen LogP contribution in [-0.2, 0) is 9.53 Å². The molecule has 0 aromatic carbocycles. The number of hydrogen-bond donors (Lipinski definition) is 1. The summed E-state index contributed by atoms with van der Waals surface area (Å²) in [6.45, 7) is 4.32. The van der Waals surface area contributed by atoms with E-state index in [1.807, 2.05) is 11.8 Å². The van der Waals surface area contributed by atoms with Crippen molar-refractivity contribution in [3.8, 4) is 0 Å². The van der Waals surface area contributed by atoms with E-state index >= 15 is 0 Å². The lowest BCUT2D eigenvalue weighted by Gasteiger charge is -2.23. The van der Waals surface area contributed by atoms with Crippen LogP contribution in [0.3, 0.4) is 0 Å². The molecular formula is C10H21ClN2O2. The summed E-state index contributed by atoms with van der Waals surface area (Å²) in [6.07, 6.45) is 3.06. The van der Waals surface area contributed by atoms with E-state index in [-0.39, 0.29) is 31.0 Å². The Balaban J connectivity index is 0.00000196. The quantitative estimate of drug-likeness (QED) is 0.718. The number of carbonyl (C=O) groups is 1. The molecule has 5 heteroatoms. The van der Waals surface area contributed by atoms with E-state index in [0.29, 0.717) is 13.2 Å².